The molecule has 0 heterocycles. The lowest BCUT2D eigenvalue weighted by Crippen LogP contribution is -2.32. The SMILES string of the molecule is CC(C)(C)OC(=O)NCC#Cc1ccccc1CC#N. The minimum Gasteiger partial charge on any atom is -0.444 e. The second-order valence-corrected chi connectivity index (χ2v) is 5.15. The van der Waals surface area contributed by atoms with Crippen molar-refractivity contribution >= 4 is 6.09 Å². The molecule has 1 aromatic rings. The van der Waals surface area contributed by atoms with Gasteiger partial charge < -0.3 is 10.1 Å². The minimum atomic E-state index is -0.517. The van der Waals surface area contributed by atoms with Gasteiger partial charge in [0.25, 0.3) is 0 Å². The summed E-state index contributed by atoms with van der Waals surface area (Å²) in [5.41, 5.74) is 1.18. The van der Waals surface area contributed by atoms with Crippen LogP contribution in [0.1, 0.15) is 31.9 Å². The Balaban J connectivity index is 2.55. The Labute approximate surface area is 119 Å². The van der Waals surface area contributed by atoms with Crippen molar-refractivity contribution in [2.45, 2.75) is 32.8 Å². The summed E-state index contributed by atoms with van der Waals surface area (Å²) in [7, 11) is 0. The maximum Gasteiger partial charge on any atom is 0.408 e. The minimum absolute atomic E-state index is 0.204. The molecule has 20 heavy (non-hydrogen) atoms. The fourth-order valence-corrected chi connectivity index (χ4v) is 1.45. The Morgan fingerprint density at radius 3 is 2.70 bits per heavy atom. The molecule has 0 radical (unpaired) electrons. The maximum atomic E-state index is 11.4. The van der Waals surface area contributed by atoms with E-state index in [-0.39, 0.29) is 6.54 Å². The predicted molar refractivity (Wildman–Crippen MR) is 76.9 cm³/mol. The first-order valence-corrected chi connectivity index (χ1v) is 6.33. The van der Waals surface area contributed by atoms with E-state index in [0.717, 1.165) is 11.1 Å². The van der Waals surface area contributed by atoms with Gasteiger partial charge in [0.1, 0.15) is 5.60 Å². The highest BCUT2D eigenvalue weighted by Crippen LogP contribution is 2.07. The number of carbonyl (C=O) groups excluding carboxylic acids is 1. The Hall–Kier alpha value is -2.46. The summed E-state index contributed by atoms with van der Waals surface area (Å²) in [4.78, 5) is 11.4. The smallest absolute Gasteiger partial charge is 0.408 e. The first-order valence-electron chi connectivity index (χ1n) is 6.33. The molecule has 4 nitrogen and oxygen atoms in total. The highest BCUT2D eigenvalue weighted by atomic mass is 16.6. The van der Waals surface area contributed by atoms with Gasteiger partial charge in [0, 0.05) is 5.56 Å². The largest absolute Gasteiger partial charge is 0.444 e. The van der Waals surface area contributed by atoms with Crippen LogP contribution >= 0.6 is 0 Å². The van der Waals surface area contributed by atoms with Gasteiger partial charge in [0.2, 0.25) is 0 Å². The molecule has 0 spiro atoms. The van der Waals surface area contributed by atoms with Crippen LogP contribution in [-0.2, 0) is 11.2 Å². The number of amides is 1. The summed E-state index contributed by atoms with van der Waals surface area (Å²) in [6.45, 7) is 5.61. The Morgan fingerprint density at radius 2 is 2.05 bits per heavy atom. The van der Waals surface area contributed by atoms with E-state index in [1.807, 2.05) is 24.3 Å². The molecule has 0 bridgehead atoms. The third-order valence-corrected chi connectivity index (χ3v) is 2.23. The van der Waals surface area contributed by atoms with Crippen LogP contribution in [0.15, 0.2) is 24.3 Å². The van der Waals surface area contributed by atoms with E-state index in [4.69, 9.17) is 10.00 Å². The summed E-state index contributed by atoms with van der Waals surface area (Å²) in [5.74, 6) is 5.79. The number of rotatable bonds is 2. The fraction of sp³-hybridized carbons (Fsp3) is 0.375. The van der Waals surface area contributed by atoms with Gasteiger partial charge >= 0.3 is 6.09 Å². The number of ether oxygens (including phenoxy) is 1. The highest BCUT2D eigenvalue weighted by Gasteiger charge is 2.14. The van der Waals surface area contributed by atoms with Gasteiger partial charge in [-0.2, -0.15) is 5.26 Å². The highest BCUT2D eigenvalue weighted by molar-refractivity contribution is 5.68. The molecule has 0 aliphatic heterocycles. The van der Waals surface area contributed by atoms with Crippen LogP contribution in [0, 0.1) is 23.2 Å². The molecule has 0 aliphatic rings. The van der Waals surface area contributed by atoms with E-state index < -0.39 is 11.7 Å². The summed E-state index contributed by atoms with van der Waals surface area (Å²) in [6, 6.07) is 9.56. The molecule has 0 fully saturated rings. The first kappa shape index (κ1) is 15.6. The quantitative estimate of drug-likeness (QED) is 0.840. The maximum absolute atomic E-state index is 11.4. The summed E-state index contributed by atoms with van der Waals surface area (Å²) in [6.07, 6.45) is -0.165. The van der Waals surface area contributed by atoms with Gasteiger partial charge in [-0.3, -0.25) is 0 Å². The molecule has 0 saturated heterocycles. The van der Waals surface area contributed by atoms with E-state index in [2.05, 4.69) is 23.2 Å². The predicted octanol–water partition coefficient (Wildman–Crippen LogP) is 2.63. The molecule has 0 aliphatic carbocycles. The van der Waals surface area contributed by atoms with Crippen LogP contribution in [0.5, 0.6) is 0 Å². The average Bonchev–Trinajstić information content (AvgIpc) is 2.34. The zero-order chi connectivity index (χ0) is 15.0. The number of nitrogens with one attached hydrogen (secondary N) is 1. The molecule has 104 valence electrons. The summed E-state index contributed by atoms with van der Waals surface area (Å²) >= 11 is 0. The van der Waals surface area contributed by atoms with Crippen molar-refractivity contribution in [3.8, 4) is 17.9 Å². The number of hydrogen-bond donors (Lipinski definition) is 1. The lowest BCUT2D eigenvalue weighted by atomic mass is 10.1. The summed E-state index contributed by atoms with van der Waals surface area (Å²) < 4.78 is 5.09. The number of benzene rings is 1. The number of hydrogen-bond acceptors (Lipinski definition) is 3. The molecule has 0 aromatic heterocycles. The van der Waals surface area contributed by atoms with Crippen molar-refractivity contribution < 1.29 is 9.53 Å². The molecule has 4 heteroatoms. The third kappa shape index (κ3) is 5.93. The van der Waals surface area contributed by atoms with E-state index in [0.29, 0.717) is 6.42 Å². The van der Waals surface area contributed by atoms with E-state index in [1.54, 1.807) is 20.8 Å². The molecule has 1 aromatic carbocycles. The van der Waals surface area contributed by atoms with Gasteiger partial charge in [-0.1, -0.05) is 30.0 Å². The summed E-state index contributed by atoms with van der Waals surface area (Å²) in [5, 5.41) is 11.3. The van der Waals surface area contributed by atoms with E-state index in [1.165, 1.54) is 0 Å². The zero-order valence-corrected chi connectivity index (χ0v) is 12.0. The monoisotopic (exact) mass is 270 g/mol. The van der Waals surface area contributed by atoms with E-state index in [9.17, 15) is 4.79 Å². The molecule has 1 N–H and O–H groups in total. The van der Waals surface area contributed by atoms with Crippen molar-refractivity contribution in [2.75, 3.05) is 6.54 Å². The van der Waals surface area contributed by atoms with Gasteiger partial charge in [-0.15, -0.1) is 0 Å². The van der Waals surface area contributed by atoms with Crippen molar-refractivity contribution in [1.29, 1.82) is 5.26 Å². The second kappa shape index (κ2) is 7.21. The standard InChI is InChI=1S/C16H18N2O2/c1-16(2,3)20-15(19)18-12-6-9-13-7-4-5-8-14(13)10-11-17/h4-5,7-8H,10,12H2,1-3H3,(H,18,19). The average molecular weight is 270 g/mol. The second-order valence-electron chi connectivity index (χ2n) is 5.15. The number of carbonyl (C=O) groups is 1. The Bertz CT molecular complexity index is 569. The molecular formula is C16H18N2O2. The molecule has 1 amide bonds. The van der Waals surface area contributed by atoms with Crippen LogP contribution < -0.4 is 5.32 Å². The van der Waals surface area contributed by atoms with Gasteiger partial charge in [-0.25, -0.2) is 4.79 Å². The topological polar surface area (TPSA) is 62.1 Å². The molecule has 0 saturated carbocycles. The van der Waals surface area contributed by atoms with Crippen molar-refractivity contribution in [3.63, 3.8) is 0 Å². The molecular weight excluding hydrogens is 252 g/mol. The fourth-order valence-electron chi connectivity index (χ4n) is 1.45. The number of nitriles is 1. The molecule has 1 rings (SSSR count). The van der Waals surface area contributed by atoms with Crippen molar-refractivity contribution in [2.24, 2.45) is 0 Å². The lowest BCUT2D eigenvalue weighted by molar-refractivity contribution is 0.0535. The van der Waals surface area contributed by atoms with Crippen LogP contribution in [0.2, 0.25) is 0 Å². The number of alkyl carbamates (subject to hydrolysis) is 1. The third-order valence-electron chi connectivity index (χ3n) is 2.23. The van der Waals surface area contributed by atoms with Crippen molar-refractivity contribution in [3.05, 3.63) is 35.4 Å². The normalized spacial score (nSPS) is 9.90. The number of nitrogens with zero attached hydrogens (tertiary/aromatic N) is 1. The van der Waals surface area contributed by atoms with Gasteiger partial charge in [0.15, 0.2) is 0 Å². The zero-order valence-electron chi connectivity index (χ0n) is 12.0. The molecule has 0 atom stereocenters. The van der Waals surface area contributed by atoms with Gasteiger partial charge in [-0.05, 0) is 32.4 Å². The van der Waals surface area contributed by atoms with Crippen LogP contribution in [0.25, 0.3) is 0 Å². The van der Waals surface area contributed by atoms with Crippen LogP contribution in [0.4, 0.5) is 4.79 Å². The van der Waals surface area contributed by atoms with Crippen LogP contribution in [0.3, 0.4) is 0 Å². The first-order chi connectivity index (χ1) is 9.42. The van der Waals surface area contributed by atoms with Crippen molar-refractivity contribution in [1.82, 2.24) is 5.32 Å². The van der Waals surface area contributed by atoms with E-state index >= 15 is 0 Å². The lowest BCUT2D eigenvalue weighted by Gasteiger charge is -2.19. The Morgan fingerprint density at radius 1 is 1.35 bits per heavy atom. The van der Waals surface area contributed by atoms with Gasteiger partial charge in [0.05, 0.1) is 19.0 Å². The Kier molecular flexibility index (Phi) is 5.62. The van der Waals surface area contributed by atoms with Crippen LogP contribution in [-0.4, -0.2) is 18.2 Å². The molecule has 0 unspecified atom stereocenters.